The highest BCUT2D eigenvalue weighted by atomic mass is 16.6. The second-order valence-electron chi connectivity index (χ2n) is 5.55. The van der Waals surface area contributed by atoms with Crippen LogP contribution in [0.5, 0.6) is 0 Å². The first kappa shape index (κ1) is 15.8. The minimum absolute atomic E-state index is 0.305. The number of aliphatic hydroxyl groups excluding tert-OH is 3. The number of ether oxygens (including phenoxy) is 1. The molecule has 132 valence electrons. The minimum Gasteiger partial charge on any atom is -0.394 e. The number of rotatable bonds is 4. The summed E-state index contributed by atoms with van der Waals surface area (Å²) in [6.07, 6.45) is -1.37. The molecule has 0 aliphatic carbocycles. The third-order valence-electron chi connectivity index (χ3n) is 4.09. The summed E-state index contributed by atoms with van der Waals surface area (Å²) >= 11 is 0. The monoisotopic (exact) mass is 348 g/mol. The first-order valence-corrected chi connectivity index (χ1v) is 7.55. The van der Waals surface area contributed by atoms with Crippen LogP contribution in [-0.2, 0) is 4.74 Å². The zero-order valence-corrected chi connectivity index (χ0v) is 13.1. The molecule has 12 nitrogen and oxygen atoms in total. The van der Waals surface area contributed by atoms with Gasteiger partial charge in [-0.15, -0.1) is 0 Å². The maximum atomic E-state index is 10.2. The van der Waals surface area contributed by atoms with Crippen LogP contribution in [0.4, 0.5) is 5.82 Å². The molecule has 3 aromatic rings. The van der Waals surface area contributed by atoms with Gasteiger partial charge in [-0.3, -0.25) is 4.57 Å². The van der Waals surface area contributed by atoms with Crippen LogP contribution < -0.4 is 5.32 Å². The van der Waals surface area contributed by atoms with Crippen LogP contribution >= 0.6 is 0 Å². The van der Waals surface area contributed by atoms with Crippen molar-refractivity contribution in [3.05, 3.63) is 12.5 Å². The zero-order valence-electron chi connectivity index (χ0n) is 13.1. The number of aromatic amines is 1. The van der Waals surface area contributed by atoms with Crippen molar-refractivity contribution in [3.63, 3.8) is 0 Å². The van der Waals surface area contributed by atoms with Gasteiger partial charge in [-0.25, -0.2) is 15.0 Å². The van der Waals surface area contributed by atoms with Gasteiger partial charge in [0, 0.05) is 7.05 Å². The Labute approximate surface area is 140 Å². The Morgan fingerprint density at radius 1 is 1.32 bits per heavy atom. The van der Waals surface area contributed by atoms with Crippen molar-refractivity contribution in [1.29, 1.82) is 0 Å². The topological polar surface area (TPSA) is 167 Å². The second kappa shape index (κ2) is 6.00. The van der Waals surface area contributed by atoms with Crippen LogP contribution in [0, 0.1) is 0 Å². The standard InChI is InChI=1S/C13H16N8O4/c1-14-11-7-12(18-10(17-11)5-2-16-20-19-5)21(4-15-7)13-9(24)8(23)6(3-22)25-13/h2,4,6,8-9,13,22-24H,3H2,1H3,(H,14,17,18)(H,16,19,20)/t6-,8-,9-,13-/m1/s1. The van der Waals surface area contributed by atoms with Crippen molar-refractivity contribution >= 4 is 17.0 Å². The number of imidazole rings is 1. The van der Waals surface area contributed by atoms with Gasteiger partial charge in [0.25, 0.3) is 0 Å². The number of nitrogens with one attached hydrogen (secondary N) is 2. The number of nitrogens with zero attached hydrogens (tertiary/aromatic N) is 6. The van der Waals surface area contributed by atoms with E-state index < -0.39 is 31.1 Å². The van der Waals surface area contributed by atoms with Crippen molar-refractivity contribution in [3.8, 4) is 11.5 Å². The number of fused-ring (bicyclic) bond motifs is 1. The summed E-state index contributed by atoms with van der Waals surface area (Å²) < 4.78 is 7.04. The van der Waals surface area contributed by atoms with E-state index in [1.165, 1.54) is 17.1 Å². The largest absolute Gasteiger partial charge is 0.394 e. The predicted octanol–water partition coefficient (Wildman–Crippen LogP) is -1.74. The Morgan fingerprint density at radius 3 is 2.80 bits per heavy atom. The highest BCUT2D eigenvalue weighted by Gasteiger charge is 2.44. The van der Waals surface area contributed by atoms with Gasteiger partial charge in [0.1, 0.15) is 24.0 Å². The van der Waals surface area contributed by atoms with E-state index in [2.05, 4.69) is 35.7 Å². The quantitative estimate of drug-likeness (QED) is 0.365. The maximum absolute atomic E-state index is 10.2. The fraction of sp³-hybridized carbons (Fsp3) is 0.462. The summed E-state index contributed by atoms with van der Waals surface area (Å²) in [6, 6.07) is 0. The van der Waals surface area contributed by atoms with Gasteiger partial charge in [0.2, 0.25) is 0 Å². The van der Waals surface area contributed by atoms with Crippen LogP contribution in [0.25, 0.3) is 22.7 Å². The number of aromatic nitrogens is 7. The molecule has 1 fully saturated rings. The lowest BCUT2D eigenvalue weighted by atomic mass is 10.1. The van der Waals surface area contributed by atoms with E-state index in [4.69, 9.17) is 4.74 Å². The molecule has 5 N–H and O–H groups in total. The fourth-order valence-corrected chi connectivity index (χ4v) is 2.81. The molecule has 0 unspecified atom stereocenters. The molecule has 0 saturated carbocycles. The highest BCUT2D eigenvalue weighted by molar-refractivity contribution is 5.84. The summed E-state index contributed by atoms with van der Waals surface area (Å²) in [5.41, 5.74) is 1.28. The summed E-state index contributed by atoms with van der Waals surface area (Å²) in [7, 11) is 1.69. The smallest absolute Gasteiger partial charge is 0.185 e. The number of hydrogen-bond donors (Lipinski definition) is 5. The normalized spacial score (nSPS) is 26.4. The van der Waals surface area contributed by atoms with Gasteiger partial charge >= 0.3 is 0 Å². The lowest BCUT2D eigenvalue weighted by Gasteiger charge is -2.16. The molecule has 0 radical (unpaired) electrons. The third-order valence-corrected chi connectivity index (χ3v) is 4.09. The Hall–Kier alpha value is -2.67. The lowest BCUT2D eigenvalue weighted by Crippen LogP contribution is -2.33. The summed E-state index contributed by atoms with van der Waals surface area (Å²) in [6.45, 7) is -0.414. The van der Waals surface area contributed by atoms with Crippen LogP contribution in [0.3, 0.4) is 0 Å². The SMILES string of the molecule is CNc1nc(-c2cn[nH]n2)nc2c1ncn2[C@@H]1O[C@H](CO)[C@@H](O)[C@H]1O. The molecule has 0 spiro atoms. The van der Waals surface area contributed by atoms with Gasteiger partial charge in [-0.2, -0.15) is 15.4 Å². The van der Waals surface area contributed by atoms with Crippen molar-refractivity contribution < 1.29 is 20.1 Å². The lowest BCUT2D eigenvalue weighted by molar-refractivity contribution is -0.0511. The molecule has 0 bridgehead atoms. The van der Waals surface area contributed by atoms with Crippen molar-refractivity contribution in [1.82, 2.24) is 34.9 Å². The number of aliphatic hydroxyl groups is 3. The molecule has 1 saturated heterocycles. The molecule has 0 amide bonds. The van der Waals surface area contributed by atoms with Crippen molar-refractivity contribution in [2.45, 2.75) is 24.5 Å². The molecule has 4 rings (SSSR count). The molecule has 3 aromatic heterocycles. The molecule has 4 heterocycles. The molecule has 4 atom stereocenters. The van der Waals surface area contributed by atoms with Gasteiger partial charge in [0.05, 0.1) is 19.1 Å². The molecule has 1 aliphatic heterocycles. The van der Waals surface area contributed by atoms with E-state index in [0.717, 1.165) is 0 Å². The van der Waals surface area contributed by atoms with Gasteiger partial charge in [-0.1, -0.05) is 0 Å². The molecule has 1 aliphatic rings. The first-order chi connectivity index (χ1) is 12.1. The van der Waals surface area contributed by atoms with E-state index in [0.29, 0.717) is 28.5 Å². The summed E-state index contributed by atoms with van der Waals surface area (Å²) in [5.74, 6) is 0.771. The van der Waals surface area contributed by atoms with Crippen LogP contribution in [0.15, 0.2) is 12.5 Å². The van der Waals surface area contributed by atoms with E-state index in [-0.39, 0.29) is 0 Å². The van der Waals surface area contributed by atoms with Gasteiger partial charge in [0.15, 0.2) is 29.0 Å². The van der Waals surface area contributed by atoms with Gasteiger partial charge in [-0.05, 0) is 0 Å². The zero-order chi connectivity index (χ0) is 17.6. The maximum Gasteiger partial charge on any atom is 0.185 e. The average Bonchev–Trinajstić information content (AvgIpc) is 3.35. The molecule has 25 heavy (non-hydrogen) atoms. The van der Waals surface area contributed by atoms with Crippen molar-refractivity contribution in [2.75, 3.05) is 19.0 Å². The highest BCUT2D eigenvalue weighted by Crippen LogP contribution is 2.32. The van der Waals surface area contributed by atoms with Crippen LogP contribution in [-0.4, -0.2) is 82.2 Å². The second-order valence-corrected chi connectivity index (χ2v) is 5.55. The third kappa shape index (κ3) is 2.42. The van der Waals surface area contributed by atoms with Gasteiger partial charge < -0.3 is 25.4 Å². The number of hydrogen-bond acceptors (Lipinski definition) is 10. The van der Waals surface area contributed by atoms with Crippen LogP contribution in [0.1, 0.15) is 6.23 Å². The number of anilines is 1. The van der Waals surface area contributed by atoms with E-state index in [9.17, 15) is 15.3 Å². The number of H-pyrrole nitrogens is 1. The molecular weight excluding hydrogens is 332 g/mol. The Kier molecular flexibility index (Phi) is 3.80. The molecule has 12 heteroatoms. The predicted molar refractivity (Wildman–Crippen MR) is 83.3 cm³/mol. The first-order valence-electron chi connectivity index (χ1n) is 7.55. The van der Waals surface area contributed by atoms with E-state index in [1.54, 1.807) is 7.05 Å². The van der Waals surface area contributed by atoms with E-state index >= 15 is 0 Å². The minimum atomic E-state index is -1.24. The Bertz CT molecular complexity index is 882. The summed E-state index contributed by atoms with van der Waals surface area (Å²) in [5, 5.41) is 42.6. The Morgan fingerprint density at radius 2 is 2.16 bits per heavy atom. The fourth-order valence-electron chi connectivity index (χ4n) is 2.81. The molecule has 0 aromatic carbocycles. The van der Waals surface area contributed by atoms with Crippen LogP contribution in [0.2, 0.25) is 0 Å². The van der Waals surface area contributed by atoms with E-state index in [1.807, 2.05) is 0 Å². The average molecular weight is 348 g/mol. The summed E-state index contributed by atoms with van der Waals surface area (Å²) in [4.78, 5) is 13.0. The Balaban J connectivity index is 1.84. The van der Waals surface area contributed by atoms with Crippen molar-refractivity contribution in [2.24, 2.45) is 0 Å². The molecular formula is C13H16N8O4.